The van der Waals surface area contributed by atoms with Gasteiger partial charge in [0, 0.05) is 16.6 Å². The Labute approximate surface area is 108 Å². The molecule has 1 N–H and O–H groups in total. The number of rotatable bonds is 4. The van der Waals surface area contributed by atoms with Crippen molar-refractivity contribution in [3.63, 3.8) is 0 Å². The molecule has 5 heteroatoms. The molecule has 0 unspecified atom stereocenters. The lowest BCUT2D eigenvalue weighted by molar-refractivity contribution is -0.0884. The van der Waals surface area contributed by atoms with Crippen LogP contribution in [0.5, 0.6) is 0 Å². The third kappa shape index (κ3) is 2.64. The summed E-state index contributed by atoms with van der Waals surface area (Å²) in [7, 11) is 0. The van der Waals surface area contributed by atoms with E-state index in [4.69, 9.17) is 0 Å². The fraction of sp³-hybridized carbons (Fsp3) is 0.357. The van der Waals surface area contributed by atoms with Crippen molar-refractivity contribution in [2.24, 2.45) is 0 Å². The first-order valence-electron chi connectivity index (χ1n) is 6.16. The van der Waals surface area contributed by atoms with E-state index >= 15 is 0 Å². The average molecular weight is 269 g/mol. The summed E-state index contributed by atoms with van der Waals surface area (Å²) in [5.74, 6) is -1.77. The molecule has 0 atom stereocenters. The number of H-pyrrole nitrogens is 1. The lowest BCUT2D eigenvalue weighted by Gasteiger charge is -2.06. The maximum Gasteiger partial charge on any atom is 0.454 e. The van der Waals surface area contributed by atoms with Crippen LogP contribution in [0.15, 0.2) is 24.3 Å². The van der Waals surface area contributed by atoms with Gasteiger partial charge in [-0.2, -0.15) is 13.2 Å². The van der Waals surface area contributed by atoms with E-state index in [0.29, 0.717) is 23.0 Å². The van der Waals surface area contributed by atoms with E-state index in [9.17, 15) is 18.0 Å². The molecule has 2 nitrogen and oxygen atoms in total. The van der Waals surface area contributed by atoms with Crippen molar-refractivity contribution in [3.05, 3.63) is 35.5 Å². The zero-order chi connectivity index (χ0) is 14.0. The van der Waals surface area contributed by atoms with Gasteiger partial charge in [-0.25, -0.2) is 0 Å². The van der Waals surface area contributed by atoms with Crippen LogP contribution in [-0.2, 0) is 6.42 Å². The highest BCUT2D eigenvalue weighted by Crippen LogP contribution is 2.30. The second-order valence-electron chi connectivity index (χ2n) is 4.45. The zero-order valence-corrected chi connectivity index (χ0v) is 10.5. The Morgan fingerprint density at radius 1 is 1.26 bits per heavy atom. The smallest absolute Gasteiger partial charge is 0.358 e. The maximum absolute atomic E-state index is 12.7. The van der Waals surface area contributed by atoms with Gasteiger partial charge in [0.25, 0.3) is 5.78 Å². The molecule has 19 heavy (non-hydrogen) atoms. The molecular weight excluding hydrogens is 255 g/mol. The van der Waals surface area contributed by atoms with Crippen molar-refractivity contribution >= 4 is 16.7 Å². The normalized spacial score (nSPS) is 12.0. The number of nitrogens with one attached hydrogen (secondary N) is 1. The molecule has 0 saturated carbocycles. The van der Waals surface area contributed by atoms with E-state index in [2.05, 4.69) is 4.98 Å². The summed E-state index contributed by atoms with van der Waals surface area (Å²) in [6.07, 6.45) is -2.80. The molecule has 0 saturated heterocycles. The molecule has 1 aromatic carbocycles. The van der Waals surface area contributed by atoms with Crippen molar-refractivity contribution in [3.8, 4) is 0 Å². The quantitative estimate of drug-likeness (QED) is 0.827. The molecule has 2 rings (SSSR count). The molecule has 0 aliphatic rings. The number of aryl methyl sites for hydroxylation is 1. The van der Waals surface area contributed by atoms with E-state index < -0.39 is 12.0 Å². The second-order valence-corrected chi connectivity index (χ2v) is 4.45. The number of fused-ring (bicyclic) bond motifs is 1. The SMILES string of the molecule is CCCCc1[nH]c2ccccc2c1C(=O)C(F)(F)F. The molecule has 0 aliphatic heterocycles. The van der Waals surface area contributed by atoms with Crippen molar-refractivity contribution < 1.29 is 18.0 Å². The Bertz CT molecular complexity index is 598. The number of Topliss-reactive ketones (excluding diaryl/α,β-unsaturated/α-hetero) is 1. The number of para-hydroxylation sites is 1. The van der Waals surface area contributed by atoms with E-state index in [1.807, 2.05) is 6.92 Å². The van der Waals surface area contributed by atoms with Crippen LogP contribution < -0.4 is 0 Å². The summed E-state index contributed by atoms with van der Waals surface area (Å²) in [6, 6.07) is 6.58. The molecule has 1 heterocycles. The first-order valence-corrected chi connectivity index (χ1v) is 6.16. The van der Waals surface area contributed by atoms with Crippen molar-refractivity contribution in [1.82, 2.24) is 4.98 Å². The number of carbonyl (C=O) groups is 1. The van der Waals surface area contributed by atoms with Gasteiger partial charge in [-0.3, -0.25) is 4.79 Å². The number of hydrogen-bond acceptors (Lipinski definition) is 1. The third-order valence-electron chi connectivity index (χ3n) is 3.05. The predicted octanol–water partition coefficient (Wildman–Crippen LogP) is 4.26. The summed E-state index contributed by atoms with van der Waals surface area (Å²) < 4.78 is 38.0. The highest BCUT2D eigenvalue weighted by atomic mass is 19.4. The summed E-state index contributed by atoms with van der Waals surface area (Å²) in [5.41, 5.74) is 0.725. The number of hydrogen-bond donors (Lipinski definition) is 1. The van der Waals surface area contributed by atoms with Gasteiger partial charge < -0.3 is 4.98 Å². The fourth-order valence-corrected chi connectivity index (χ4v) is 2.14. The van der Waals surface area contributed by atoms with Crippen LogP contribution in [0.25, 0.3) is 10.9 Å². The Hall–Kier alpha value is -1.78. The highest BCUT2D eigenvalue weighted by molar-refractivity contribution is 6.11. The van der Waals surface area contributed by atoms with E-state index in [1.54, 1.807) is 24.3 Å². The molecule has 1 aromatic heterocycles. The Balaban J connectivity index is 2.57. The molecule has 102 valence electrons. The number of alkyl halides is 3. The van der Waals surface area contributed by atoms with Gasteiger partial charge in [0.05, 0.1) is 5.56 Å². The molecule has 0 amide bonds. The molecule has 0 bridgehead atoms. The van der Waals surface area contributed by atoms with E-state index in [1.165, 1.54) is 0 Å². The van der Waals surface area contributed by atoms with Gasteiger partial charge in [0.2, 0.25) is 0 Å². The first-order chi connectivity index (χ1) is 8.95. The van der Waals surface area contributed by atoms with Crippen LogP contribution in [0.3, 0.4) is 0 Å². The van der Waals surface area contributed by atoms with Crippen LogP contribution in [-0.4, -0.2) is 16.9 Å². The third-order valence-corrected chi connectivity index (χ3v) is 3.05. The fourth-order valence-electron chi connectivity index (χ4n) is 2.14. The van der Waals surface area contributed by atoms with Crippen LogP contribution in [0, 0.1) is 0 Å². The van der Waals surface area contributed by atoms with E-state index in [-0.39, 0.29) is 5.56 Å². The molecule has 0 aliphatic carbocycles. The Morgan fingerprint density at radius 2 is 1.95 bits per heavy atom. The topological polar surface area (TPSA) is 32.9 Å². The summed E-state index contributed by atoms with van der Waals surface area (Å²) >= 11 is 0. The van der Waals surface area contributed by atoms with Gasteiger partial charge in [-0.05, 0) is 18.9 Å². The summed E-state index contributed by atoms with van der Waals surface area (Å²) in [5, 5.41) is 0.343. The van der Waals surface area contributed by atoms with Gasteiger partial charge in [-0.1, -0.05) is 31.5 Å². The number of carbonyl (C=O) groups excluding carboxylic acids is 1. The largest absolute Gasteiger partial charge is 0.454 e. The average Bonchev–Trinajstić information content (AvgIpc) is 2.72. The highest BCUT2D eigenvalue weighted by Gasteiger charge is 2.41. The number of halogens is 3. The van der Waals surface area contributed by atoms with Crippen molar-refractivity contribution in [2.75, 3.05) is 0 Å². The number of ketones is 1. The number of unbranched alkanes of at least 4 members (excludes halogenated alkanes) is 1. The second kappa shape index (κ2) is 5.07. The lowest BCUT2D eigenvalue weighted by atomic mass is 10.0. The summed E-state index contributed by atoms with van der Waals surface area (Å²) in [6.45, 7) is 1.95. The number of aromatic nitrogens is 1. The van der Waals surface area contributed by atoms with Crippen molar-refractivity contribution in [1.29, 1.82) is 0 Å². The van der Waals surface area contributed by atoms with Crippen molar-refractivity contribution in [2.45, 2.75) is 32.4 Å². The van der Waals surface area contributed by atoms with Gasteiger partial charge in [0.15, 0.2) is 0 Å². The van der Waals surface area contributed by atoms with E-state index in [0.717, 1.165) is 12.8 Å². The lowest BCUT2D eigenvalue weighted by Crippen LogP contribution is -2.23. The zero-order valence-electron chi connectivity index (χ0n) is 10.5. The molecule has 2 aromatic rings. The monoisotopic (exact) mass is 269 g/mol. The first kappa shape index (κ1) is 13.6. The number of aromatic amines is 1. The minimum absolute atomic E-state index is 0.225. The van der Waals surface area contributed by atoms with Crippen LogP contribution in [0.2, 0.25) is 0 Å². The molecule has 0 spiro atoms. The van der Waals surface area contributed by atoms with Gasteiger partial charge in [-0.15, -0.1) is 0 Å². The van der Waals surface area contributed by atoms with Crippen LogP contribution in [0.4, 0.5) is 13.2 Å². The number of benzene rings is 1. The molecular formula is C14H14F3NO. The Morgan fingerprint density at radius 3 is 2.58 bits per heavy atom. The Kier molecular flexibility index (Phi) is 3.64. The molecule has 0 radical (unpaired) electrons. The van der Waals surface area contributed by atoms with Crippen LogP contribution in [0.1, 0.15) is 35.8 Å². The molecule has 0 fully saturated rings. The standard InChI is InChI=1S/C14H14F3NO/c1-2-3-7-11-12(13(19)14(15,16)17)9-6-4-5-8-10(9)18-11/h4-6,8,18H,2-3,7H2,1H3. The summed E-state index contributed by atoms with van der Waals surface area (Å²) in [4.78, 5) is 14.5. The maximum atomic E-state index is 12.7. The predicted molar refractivity (Wildman–Crippen MR) is 67.3 cm³/mol. The van der Waals surface area contributed by atoms with Crippen LogP contribution >= 0.6 is 0 Å². The van der Waals surface area contributed by atoms with Gasteiger partial charge >= 0.3 is 6.18 Å². The van der Waals surface area contributed by atoms with Gasteiger partial charge in [0.1, 0.15) is 0 Å². The minimum Gasteiger partial charge on any atom is -0.358 e. The minimum atomic E-state index is -4.84.